The van der Waals surface area contributed by atoms with Gasteiger partial charge in [-0.05, 0) is 0 Å². The van der Waals surface area contributed by atoms with Crippen molar-refractivity contribution in [3.63, 3.8) is 0 Å². The van der Waals surface area contributed by atoms with Crippen LogP contribution in [-0.4, -0.2) is 59.7 Å². The average molecular weight is 445 g/mol. The summed E-state index contributed by atoms with van der Waals surface area (Å²) in [5, 5.41) is 34.0. The molecule has 0 heterocycles. The predicted molar refractivity (Wildman–Crippen MR) is 91.6 cm³/mol. The Morgan fingerprint density at radius 2 is 1.60 bits per heavy atom. The van der Waals surface area contributed by atoms with Crippen LogP contribution >= 0.6 is 42.6 Å². The Labute approximate surface area is 157 Å². The van der Waals surface area contributed by atoms with Gasteiger partial charge < -0.3 is 25.1 Å². The summed E-state index contributed by atoms with van der Waals surface area (Å²) in [4.78, 5) is 25.8. The van der Waals surface area contributed by atoms with E-state index in [1.807, 2.05) is 0 Å². The second-order valence-corrected chi connectivity index (χ2v) is 7.75. The van der Waals surface area contributed by atoms with E-state index in [0.717, 1.165) is 0 Å². The van der Waals surface area contributed by atoms with Crippen LogP contribution in [0.1, 0.15) is 0 Å². The van der Waals surface area contributed by atoms with E-state index < -0.39 is 29.2 Å². The van der Waals surface area contributed by atoms with Gasteiger partial charge >= 0.3 is 7.82 Å². The van der Waals surface area contributed by atoms with Crippen molar-refractivity contribution < 1.29 is 39.1 Å². The lowest BCUT2D eigenvalue weighted by molar-refractivity contribution is -0.384. The minimum Gasteiger partial charge on any atom is -0.394 e. The lowest BCUT2D eigenvalue weighted by Gasteiger charge is -2.10. The van der Waals surface area contributed by atoms with E-state index in [2.05, 4.69) is 4.52 Å². The Morgan fingerprint density at radius 1 is 1.16 bits per heavy atom. The Bertz CT molecular complexity index is 519. The van der Waals surface area contributed by atoms with E-state index in [-0.39, 0.29) is 18.9 Å². The SMILES string of the molecule is O=P(O)(O)OCC(Cl)(Cl)Cl.O=[N+]([O-])c1ccccc1.OCC(O)CO. The van der Waals surface area contributed by atoms with Crippen LogP contribution in [0.15, 0.2) is 30.3 Å². The molecule has 0 aliphatic heterocycles. The van der Waals surface area contributed by atoms with Crippen LogP contribution in [0.3, 0.4) is 0 Å². The maximum Gasteiger partial charge on any atom is 0.469 e. The quantitative estimate of drug-likeness (QED) is 0.195. The third kappa shape index (κ3) is 21.4. The molecule has 146 valence electrons. The van der Waals surface area contributed by atoms with E-state index in [9.17, 15) is 14.7 Å². The lowest BCUT2D eigenvalue weighted by Crippen LogP contribution is -2.15. The van der Waals surface area contributed by atoms with Gasteiger partial charge in [-0.1, -0.05) is 53.0 Å². The zero-order chi connectivity index (χ0) is 20.1. The molecule has 1 rings (SSSR count). The van der Waals surface area contributed by atoms with Gasteiger partial charge in [0.15, 0.2) is 0 Å². The van der Waals surface area contributed by atoms with Crippen LogP contribution in [0.2, 0.25) is 0 Å². The first kappa shape index (κ1) is 26.7. The molecule has 14 heteroatoms. The van der Waals surface area contributed by atoms with Gasteiger partial charge in [0.1, 0.15) is 12.7 Å². The molecule has 0 fully saturated rings. The minimum absolute atomic E-state index is 0.137. The minimum atomic E-state index is -4.52. The van der Waals surface area contributed by atoms with E-state index in [1.165, 1.54) is 12.1 Å². The number of phosphoric ester groups is 1. The van der Waals surface area contributed by atoms with Crippen molar-refractivity contribution in [2.24, 2.45) is 0 Å². The van der Waals surface area contributed by atoms with Crippen molar-refractivity contribution in [2.75, 3.05) is 19.8 Å². The number of hydrogen-bond acceptors (Lipinski definition) is 7. The van der Waals surface area contributed by atoms with Crippen LogP contribution in [0.25, 0.3) is 0 Å². The van der Waals surface area contributed by atoms with Crippen molar-refractivity contribution >= 4 is 48.3 Å². The summed E-state index contributed by atoms with van der Waals surface area (Å²) in [6, 6.07) is 7.93. The molecule has 10 nitrogen and oxygen atoms in total. The van der Waals surface area contributed by atoms with Gasteiger partial charge in [0.2, 0.25) is 3.79 Å². The number of benzene rings is 1. The van der Waals surface area contributed by atoms with Crippen molar-refractivity contribution in [1.82, 2.24) is 0 Å². The van der Waals surface area contributed by atoms with Crippen LogP contribution < -0.4 is 0 Å². The largest absolute Gasteiger partial charge is 0.469 e. The fraction of sp³-hybridized carbons (Fsp3) is 0.455. The molecular formula is C11H17Cl3NO9P. The summed E-state index contributed by atoms with van der Waals surface area (Å²) in [7, 11) is -4.52. The Hall–Kier alpha value is -0.520. The van der Waals surface area contributed by atoms with Crippen LogP contribution in [-0.2, 0) is 9.09 Å². The molecule has 25 heavy (non-hydrogen) atoms. The number of nitrogens with zero attached hydrogens (tertiary/aromatic N) is 1. The molecule has 1 aromatic carbocycles. The number of alkyl halides is 3. The molecule has 0 aromatic heterocycles. The highest BCUT2D eigenvalue weighted by atomic mass is 35.6. The molecule has 0 bridgehead atoms. The van der Waals surface area contributed by atoms with Gasteiger partial charge in [0, 0.05) is 12.1 Å². The molecule has 0 saturated heterocycles. The first-order chi connectivity index (χ1) is 11.3. The van der Waals surface area contributed by atoms with Crippen molar-refractivity contribution in [1.29, 1.82) is 0 Å². The number of aliphatic hydroxyl groups excluding tert-OH is 3. The fourth-order valence-corrected chi connectivity index (χ4v) is 1.52. The fourth-order valence-electron chi connectivity index (χ4n) is 0.765. The monoisotopic (exact) mass is 443 g/mol. The first-order valence-electron chi connectivity index (χ1n) is 6.18. The van der Waals surface area contributed by atoms with Crippen LogP contribution in [0.4, 0.5) is 5.69 Å². The van der Waals surface area contributed by atoms with E-state index >= 15 is 0 Å². The van der Waals surface area contributed by atoms with Crippen LogP contribution in [0.5, 0.6) is 0 Å². The third-order valence-corrected chi connectivity index (χ3v) is 2.58. The van der Waals surface area contributed by atoms with Gasteiger partial charge in [-0.15, -0.1) is 0 Å². The maximum atomic E-state index is 10.0. The van der Waals surface area contributed by atoms with Crippen LogP contribution in [0, 0.1) is 10.1 Å². The average Bonchev–Trinajstić information content (AvgIpc) is 2.53. The summed E-state index contributed by atoms with van der Waals surface area (Å²) < 4.78 is 12.0. The maximum absolute atomic E-state index is 10.0. The van der Waals surface area contributed by atoms with E-state index in [4.69, 9.17) is 59.9 Å². The first-order valence-corrected chi connectivity index (χ1v) is 8.85. The highest BCUT2D eigenvalue weighted by Gasteiger charge is 2.25. The van der Waals surface area contributed by atoms with Gasteiger partial charge in [0.25, 0.3) is 5.69 Å². The van der Waals surface area contributed by atoms with Gasteiger partial charge in [0.05, 0.1) is 18.1 Å². The number of nitro groups is 1. The zero-order valence-corrected chi connectivity index (χ0v) is 15.6. The number of nitro benzene ring substituents is 1. The summed E-state index contributed by atoms with van der Waals surface area (Å²) in [5.41, 5.74) is 0.137. The van der Waals surface area contributed by atoms with E-state index in [1.54, 1.807) is 18.2 Å². The number of hydrogen-bond donors (Lipinski definition) is 5. The van der Waals surface area contributed by atoms with Crippen molar-refractivity contribution in [3.8, 4) is 0 Å². The molecule has 1 aromatic rings. The molecule has 0 spiro atoms. The molecule has 0 atom stereocenters. The number of rotatable bonds is 5. The Morgan fingerprint density at radius 3 is 1.76 bits per heavy atom. The topological polar surface area (TPSA) is 171 Å². The Kier molecular flexibility index (Phi) is 14.6. The van der Waals surface area contributed by atoms with Crippen molar-refractivity contribution in [2.45, 2.75) is 9.90 Å². The normalized spacial score (nSPS) is 11.1. The summed E-state index contributed by atoms with van der Waals surface area (Å²) in [5.74, 6) is 0. The highest BCUT2D eigenvalue weighted by Crippen LogP contribution is 2.39. The second kappa shape index (κ2) is 13.7. The van der Waals surface area contributed by atoms with Gasteiger partial charge in [-0.25, -0.2) is 4.57 Å². The standard InChI is InChI=1S/C6H5NO2.C3H8O3.C2H4Cl3O4P/c8-7(9)6-4-2-1-3-5-6;4-1-3(6)2-5;3-2(4,5)1-9-10(6,7)8/h1-5H;3-6H,1-2H2;1H2,(H2,6,7,8). The third-order valence-electron chi connectivity index (χ3n) is 1.78. The van der Waals surface area contributed by atoms with Crippen molar-refractivity contribution in [3.05, 3.63) is 40.4 Å². The molecule has 5 N–H and O–H groups in total. The number of phosphoric acid groups is 1. The number of para-hydroxylation sites is 1. The summed E-state index contributed by atoms with van der Waals surface area (Å²) >= 11 is 15.3. The smallest absolute Gasteiger partial charge is 0.394 e. The molecule has 0 aliphatic rings. The zero-order valence-electron chi connectivity index (χ0n) is 12.5. The molecule has 0 unspecified atom stereocenters. The Balaban J connectivity index is 0. The predicted octanol–water partition coefficient (Wildman–Crippen LogP) is 1.39. The molecule has 0 saturated carbocycles. The van der Waals surface area contributed by atoms with E-state index in [0.29, 0.717) is 0 Å². The molecular weight excluding hydrogens is 427 g/mol. The molecule has 0 aliphatic carbocycles. The number of halogens is 3. The summed E-state index contributed by atoms with van der Waals surface area (Å²) in [6.45, 7) is -1.37. The summed E-state index contributed by atoms with van der Waals surface area (Å²) in [6.07, 6.45) is -0.954. The van der Waals surface area contributed by atoms with Gasteiger partial charge in [-0.3, -0.25) is 14.6 Å². The molecule has 0 amide bonds. The molecule has 0 radical (unpaired) electrons. The highest BCUT2D eigenvalue weighted by molar-refractivity contribution is 7.46. The number of aliphatic hydroxyl groups is 3. The lowest BCUT2D eigenvalue weighted by atomic mass is 10.3. The van der Waals surface area contributed by atoms with Gasteiger partial charge in [-0.2, -0.15) is 0 Å². The number of non-ortho nitro benzene ring substituents is 1. The second-order valence-electron chi connectivity index (χ2n) is 3.99.